The van der Waals surface area contributed by atoms with Crippen LogP contribution < -0.4 is 5.69 Å². The van der Waals surface area contributed by atoms with Crippen LogP contribution in [-0.4, -0.2) is 26.5 Å². The first-order valence-electron chi connectivity index (χ1n) is 2.93. The van der Waals surface area contributed by atoms with Crippen molar-refractivity contribution in [3.63, 3.8) is 0 Å². The molecule has 0 radical (unpaired) electrons. The van der Waals surface area contributed by atoms with Crippen LogP contribution in [0.3, 0.4) is 0 Å². The van der Waals surface area contributed by atoms with Gasteiger partial charge in [-0.2, -0.15) is 12.6 Å². The average Bonchev–Trinajstić information content (AvgIpc) is 2.34. The Bertz CT molecular complexity index is 279. The SMILES string of the molecule is O=c1[nH]cc(C(S)C(O)O)[nH]1. The Morgan fingerprint density at radius 3 is 2.55 bits per heavy atom. The monoisotopic (exact) mass is 176 g/mol. The smallest absolute Gasteiger partial charge is 0.323 e. The molecule has 0 aromatic carbocycles. The lowest BCUT2D eigenvalue weighted by Crippen LogP contribution is -2.13. The lowest BCUT2D eigenvalue weighted by Gasteiger charge is -2.08. The second kappa shape index (κ2) is 3.12. The van der Waals surface area contributed by atoms with Gasteiger partial charge in [-0.25, -0.2) is 4.79 Å². The normalized spacial score (nSPS) is 13.8. The molecule has 11 heavy (non-hydrogen) atoms. The van der Waals surface area contributed by atoms with Gasteiger partial charge in [0, 0.05) is 6.20 Å². The van der Waals surface area contributed by atoms with Crippen LogP contribution >= 0.6 is 12.6 Å². The molecule has 0 saturated carbocycles. The summed E-state index contributed by atoms with van der Waals surface area (Å²) in [5.41, 5.74) is -0.0342. The number of rotatable bonds is 2. The van der Waals surface area contributed by atoms with Gasteiger partial charge in [0.25, 0.3) is 0 Å². The Hall–Kier alpha value is -0.720. The number of nitrogens with one attached hydrogen (secondary N) is 2. The molecule has 62 valence electrons. The van der Waals surface area contributed by atoms with E-state index < -0.39 is 11.5 Å². The van der Waals surface area contributed by atoms with Gasteiger partial charge < -0.3 is 20.2 Å². The first-order valence-corrected chi connectivity index (χ1v) is 3.44. The molecule has 5 nitrogen and oxygen atoms in total. The molecule has 1 aromatic rings. The van der Waals surface area contributed by atoms with E-state index in [4.69, 9.17) is 10.2 Å². The van der Waals surface area contributed by atoms with Crippen LogP contribution in [0, 0.1) is 0 Å². The fourth-order valence-corrected chi connectivity index (χ4v) is 0.806. The largest absolute Gasteiger partial charge is 0.367 e. The molecule has 1 heterocycles. The van der Waals surface area contributed by atoms with Gasteiger partial charge in [-0.3, -0.25) is 0 Å². The highest BCUT2D eigenvalue weighted by Gasteiger charge is 2.15. The van der Waals surface area contributed by atoms with E-state index in [0.29, 0.717) is 5.69 Å². The Balaban J connectivity index is 2.84. The summed E-state index contributed by atoms with van der Waals surface area (Å²) in [7, 11) is 0. The maximum absolute atomic E-state index is 10.5. The van der Waals surface area contributed by atoms with Crippen molar-refractivity contribution in [2.24, 2.45) is 0 Å². The van der Waals surface area contributed by atoms with Crippen molar-refractivity contribution in [1.29, 1.82) is 0 Å². The fourth-order valence-electron chi connectivity index (χ4n) is 0.666. The van der Waals surface area contributed by atoms with Crippen LogP contribution in [0.15, 0.2) is 11.0 Å². The van der Waals surface area contributed by atoms with Crippen LogP contribution in [0.25, 0.3) is 0 Å². The lowest BCUT2D eigenvalue weighted by molar-refractivity contribution is -0.0407. The van der Waals surface area contributed by atoms with Gasteiger partial charge in [0.2, 0.25) is 0 Å². The number of H-pyrrole nitrogens is 2. The summed E-state index contributed by atoms with van der Waals surface area (Å²) >= 11 is 3.84. The number of imidazole rings is 1. The molecule has 0 spiro atoms. The summed E-state index contributed by atoms with van der Waals surface area (Å²) < 4.78 is 0. The summed E-state index contributed by atoms with van der Waals surface area (Å²) in [6, 6.07) is 0. The minimum absolute atomic E-state index is 0.355. The van der Waals surface area contributed by atoms with Crippen molar-refractivity contribution in [2.45, 2.75) is 11.5 Å². The van der Waals surface area contributed by atoms with E-state index in [-0.39, 0.29) is 5.69 Å². The van der Waals surface area contributed by atoms with Crippen molar-refractivity contribution in [2.75, 3.05) is 0 Å². The van der Waals surface area contributed by atoms with Crippen molar-refractivity contribution in [3.8, 4) is 0 Å². The van der Waals surface area contributed by atoms with E-state index in [2.05, 4.69) is 22.6 Å². The van der Waals surface area contributed by atoms with Gasteiger partial charge in [-0.05, 0) is 0 Å². The molecule has 0 saturated heterocycles. The summed E-state index contributed by atoms with van der Waals surface area (Å²) in [4.78, 5) is 15.2. The molecule has 1 unspecified atom stereocenters. The van der Waals surface area contributed by atoms with Crippen LogP contribution in [0.5, 0.6) is 0 Å². The fraction of sp³-hybridized carbons (Fsp3) is 0.400. The van der Waals surface area contributed by atoms with Gasteiger partial charge >= 0.3 is 5.69 Å². The number of hydrogen-bond acceptors (Lipinski definition) is 4. The second-order valence-corrected chi connectivity index (χ2v) is 2.61. The molecule has 0 aliphatic rings. The van der Waals surface area contributed by atoms with Gasteiger partial charge in [-0.15, -0.1) is 0 Å². The highest BCUT2D eigenvalue weighted by Crippen LogP contribution is 2.18. The second-order valence-electron chi connectivity index (χ2n) is 2.06. The number of aromatic nitrogens is 2. The Labute approximate surface area is 67.5 Å². The first-order chi connectivity index (χ1) is 5.11. The van der Waals surface area contributed by atoms with E-state index in [1.165, 1.54) is 6.20 Å². The minimum Gasteiger partial charge on any atom is -0.367 e. The summed E-state index contributed by atoms with van der Waals surface area (Å²) in [6.07, 6.45) is -0.232. The number of hydrogen-bond donors (Lipinski definition) is 5. The summed E-state index contributed by atoms with van der Waals surface area (Å²) in [6.45, 7) is 0. The van der Waals surface area contributed by atoms with E-state index in [1.54, 1.807) is 0 Å². The predicted octanol–water partition coefficient (Wildman–Crippen LogP) is -1.02. The van der Waals surface area contributed by atoms with Crippen LogP contribution in [0.4, 0.5) is 0 Å². The lowest BCUT2D eigenvalue weighted by atomic mass is 10.3. The van der Waals surface area contributed by atoms with E-state index in [1.807, 2.05) is 0 Å². The first kappa shape index (κ1) is 8.38. The molecule has 0 fully saturated rings. The van der Waals surface area contributed by atoms with Crippen molar-refractivity contribution in [1.82, 2.24) is 9.97 Å². The number of aliphatic hydroxyl groups excluding tert-OH is 1. The Morgan fingerprint density at radius 1 is 1.55 bits per heavy atom. The van der Waals surface area contributed by atoms with Gasteiger partial charge in [0.05, 0.1) is 10.9 Å². The van der Waals surface area contributed by atoms with Crippen LogP contribution in [0.1, 0.15) is 10.9 Å². The van der Waals surface area contributed by atoms with Gasteiger partial charge in [-0.1, -0.05) is 0 Å². The molecule has 1 rings (SSSR count). The average molecular weight is 176 g/mol. The molecule has 0 amide bonds. The zero-order valence-corrected chi connectivity index (χ0v) is 6.38. The quantitative estimate of drug-likeness (QED) is 0.295. The molecule has 6 heteroatoms. The van der Waals surface area contributed by atoms with Crippen LogP contribution in [-0.2, 0) is 0 Å². The molecular formula is C5H8N2O3S. The van der Waals surface area contributed by atoms with Crippen molar-refractivity contribution < 1.29 is 10.2 Å². The zero-order chi connectivity index (χ0) is 8.43. The third-order valence-electron chi connectivity index (χ3n) is 1.22. The number of aliphatic hydroxyl groups is 2. The maximum Gasteiger partial charge on any atom is 0.323 e. The highest BCUT2D eigenvalue weighted by molar-refractivity contribution is 7.80. The topological polar surface area (TPSA) is 89.1 Å². The van der Waals surface area contributed by atoms with E-state index in [9.17, 15) is 4.79 Å². The molecule has 4 N–H and O–H groups in total. The van der Waals surface area contributed by atoms with Gasteiger partial charge in [0.1, 0.15) is 0 Å². The maximum atomic E-state index is 10.5. The Kier molecular flexibility index (Phi) is 2.38. The molecule has 0 aliphatic carbocycles. The standard InChI is InChI=1S/C5H8N2O3S/c8-4(9)3(11)2-1-6-5(10)7-2/h1,3-4,8-9,11H,(H2,6,7,10). The molecule has 1 aromatic heterocycles. The molecule has 1 atom stereocenters. The Morgan fingerprint density at radius 2 is 2.18 bits per heavy atom. The number of thiol groups is 1. The summed E-state index contributed by atoms with van der Waals surface area (Å²) in [5.74, 6) is 0. The zero-order valence-electron chi connectivity index (χ0n) is 5.48. The third kappa shape index (κ3) is 1.86. The molecule has 0 aliphatic heterocycles. The number of aromatic amines is 2. The van der Waals surface area contributed by atoms with Crippen molar-refractivity contribution >= 4 is 12.6 Å². The molecule has 0 bridgehead atoms. The van der Waals surface area contributed by atoms with Crippen LogP contribution in [0.2, 0.25) is 0 Å². The highest BCUT2D eigenvalue weighted by atomic mass is 32.1. The predicted molar refractivity (Wildman–Crippen MR) is 41.4 cm³/mol. The third-order valence-corrected chi connectivity index (χ3v) is 1.76. The van der Waals surface area contributed by atoms with E-state index >= 15 is 0 Å². The van der Waals surface area contributed by atoms with Gasteiger partial charge in [0.15, 0.2) is 6.29 Å². The summed E-state index contributed by atoms with van der Waals surface area (Å²) in [5, 5.41) is 16.5. The van der Waals surface area contributed by atoms with Crippen molar-refractivity contribution in [3.05, 3.63) is 22.4 Å². The van der Waals surface area contributed by atoms with E-state index in [0.717, 1.165) is 0 Å². The minimum atomic E-state index is -1.58. The molecular weight excluding hydrogens is 168 g/mol.